The molecule has 0 aliphatic heterocycles. The summed E-state index contributed by atoms with van der Waals surface area (Å²) in [4.78, 5) is 22.5. The number of ether oxygens (including phenoxy) is 1. The fourth-order valence-electron chi connectivity index (χ4n) is 1.25. The molecule has 1 aromatic rings. The van der Waals surface area contributed by atoms with E-state index in [9.17, 15) is 18.4 Å². The normalized spacial score (nSPS) is 10.1. The second-order valence-corrected chi connectivity index (χ2v) is 3.47. The molecule has 0 fully saturated rings. The Morgan fingerprint density at radius 2 is 1.76 bits per heavy atom. The zero-order valence-corrected chi connectivity index (χ0v) is 9.55. The number of hydrogen-bond donors (Lipinski definition) is 0. The van der Waals surface area contributed by atoms with Crippen LogP contribution in [0.25, 0.3) is 0 Å². The molecule has 92 valence electrons. The summed E-state index contributed by atoms with van der Waals surface area (Å²) >= 11 is 0. The Balaban J connectivity index is 2.86. The quantitative estimate of drug-likeness (QED) is 0.462. The van der Waals surface area contributed by atoms with Crippen molar-refractivity contribution in [3.05, 3.63) is 34.9 Å². The van der Waals surface area contributed by atoms with Crippen molar-refractivity contribution in [1.29, 1.82) is 0 Å². The Morgan fingerprint density at radius 3 is 2.24 bits per heavy atom. The van der Waals surface area contributed by atoms with Gasteiger partial charge in [0.15, 0.2) is 5.78 Å². The van der Waals surface area contributed by atoms with Gasteiger partial charge in [-0.2, -0.15) is 0 Å². The van der Waals surface area contributed by atoms with Crippen molar-refractivity contribution in [2.24, 2.45) is 0 Å². The van der Waals surface area contributed by atoms with Gasteiger partial charge >= 0.3 is 5.97 Å². The summed E-state index contributed by atoms with van der Waals surface area (Å²) in [6.07, 6.45) is -0.518. The average molecular weight is 242 g/mol. The van der Waals surface area contributed by atoms with E-state index in [0.717, 1.165) is 12.1 Å². The molecule has 1 rings (SSSR count). The molecule has 1 aromatic carbocycles. The molecule has 0 atom stereocenters. The second kappa shape index (κ2) is 5.52. The lowest BCUT2D eigenvalue weighted by molar-refractivity contribution is -0.141. The molecule has 3 nitrogen and oxygen atoms in total. The number of hydrogen-bond acceptors (Lipinski definition) is 3. The van der Waals surface area contributed by atoms with Crippen LogP contribution in [0.2, 0.25) is 0 Å². The Kier molecular flexibility index (Phi) is 4.31. The van der Waals surface area contributed by atoms with Crippen molar-refractivity contribution in [3.63, 3.8) is 0 Å². The van der Waals surface area contributed by atoms with E-state index in [1.165, 1.54) is 6.92 Å². The maximum atomic E-state index is 13.2. The highest BCUT2D eigenvalue weighted by Gasteiger charge is 2.16. The van der Waals surface area contributed by atoms with Crippen LogP contribution < -0.4 is 0 Å². The van der Waals surface area contributed by atoms with E-state index in [0.29, 0.717) is 0 Å². The Bertz CT molecular complexity index is 432. The molecule has 0 N–H and O–H groups in total. The lowest BCUT2D eigenvalue weighted by Gasteiger charge is -2.04. The van der Waals surface area contributed by atoms with Crippen LogP contribution in [0.5, 0.6) is 0 Å². The van der Waals surface area contributed by atoms with Crippen molar-refractivity contribution >= 4 is 11.8 Å². The number of carbonyl (C=O) groups excluding carboxylic acids is 2. The molecular formula is C12H12F2O3. The molecule has 0 saturated heterocycles. The number of carbonyl (C=O) groups is 2. The molecule has 0 spiro atoms. The fourth-order valence-corrected chi connectivity index (χ4v) is 1.25. The van der Waals surface area contributed by atoms with Gasteiger partial charge in [-0.05, 0) is 26.0 Å². The van der Waals surface area contributed by atoms with Crippen LogP contribution in [0.1, 0.15) is 29.3 Å². The van der Waals surface area contributed by atoms with Gasteiger partial charge in [-0.3, -0.25) is 9.59 Å². The molecule has 0 aromatic heterocycles. The minimum absolute atomic E-state index is 0.155. The van der Waals surface area contributed by atoms with Crippen LogP contribution in [0.4, 0.5) is 8.78 Å². The zero-order chi connectivity index (χ0) is 13.0. The highest BCUT2D eigenvalue weighted by molar-refractivity contribution is 6.05. The number of esters is 1. The van der Waals surface area contributed by atoms with Gasteiger partial charge in [-0.25, -0.2) is 8.78 Å². The Hall–Kier alpha value is -1.78. The minimum atomic E-state index is -0.808. The summed E-state index contributed by atoms with van der Waals surface area (Å²) in [7, 11) is 0. The van der Waals surface area contributed by atoms with E-state index in [2.05, 4.69) is 4.74 Å². The van der Waals surface area contributed by atoms with Crippen LogP contribution in [0, 0.1) is 18.6 Å². The summed E-state index contributed by atoms with van der Waals surface area (Å²) in [6, 6.07) is 1.83. The molecule has 0 bridgehead atoms. The third-order valence-electron chi connectivity index (χ3n) is 2.21. The molecule has 0 amide bonds. The Labute approximate surface area is 97.4 Å². The van der Waals surface area contributed by atoms with Gasteiger partial charge in [0.25, 0.3) is 0 Å². The molecule has 0 saturated carbocycles. The molecule has 0 aliphatic rings. The predicted molar refractivity (Wildman–Crippen MR) is 56.7 cm³/mol. The van der Waals surface area contributed by atoms with Crippen molar-refractivity contribution in [2.75, 3.05) is 6.61 Å². The maximum absolute atomic E-state index is 13.2. The van der Waals surface area contributed by atoms with Crippen LogP contribution in [-0.2, 0) is 9.53 Å². The summed E-state index contributed by atoms with van der Waals surface area (Å²) in [5, 5.41) is 0. The molecule has 0 aliphatic carbocycles. The third kappa shape index (κ3) is 3.34. The van der Waals surface area contributed by atoms with Gasteiger partial charge in [-0.1, -0.05) is 0 Å². The first-order valence-electron chi connectivity index (χ1n) is 5.10. The fraction of sp³-hybridized carbons (Fsp3) is 0.333. The van der Waals surface area contributed by atoms with Gasteiger partial charge in [0.05, 0.1) is 6.61 Å². The van der Waals surface area contributed by atoms with Crippen molar-refractivity contribution in [1.82, 2.24) is 0 Å². The minimum Gasteiger partial charge on any atom is -0.466 e. The highest BCUT2D eigenvalue weighted by atomic mass is 19.1. The van der Waals surface area contributed by atoms with Crippen LogP contribution in [0.3, 0.4) is 0 Å². The number of halogens is 2. The molecule has 0 unspecified atom stereocenters. The third-order valence-corrected chi connectivity index (χ3v) is 2.21. The smallest absolute Gasteiger partial charge is 0.313 e. The van der Waals surface area contributed by atoms with Gasteiger partial charge in [0.1, 0.15) is 18.1 Å². The van der Waals surface area contributed by atoms with Crippen LogP contribution in [0.15, 0.2) is 12.1 Å². The lowest BCUT2D eigenvalue weighted by Crippen LogP contribution is -2.12. The van der Waals surface area contributed by atoms with Crippen molar-refractivity contribution in [2.45, 2.75) is 20.3 Å². The van der Waals surface area contributed by atoms with Crippen molar-refractivity contribution in [3.8, 4) is 0 Å². The topological polar surface area (TPSA) is 43.4 Å². The van der Waals surface area contributed by atoms with Gasteiger partial charge in [-0.15, -0.1) is 0 Å². The lowest BCUT2D eigenvalue weighted by atomic mass is 10.1. The molecule has 0 radical (unpaired) electrons. The van der Waals surface area contributed by atoms with Gasteiger partial charge < -0.3 is 4.74 Å². The predicted octanol–water partition coefficient (Wildman–Crippen LogP) is 2.41. The first-order chi connectivity index (χ1) is 7.95. The summed E-state index contributed by atoms with van der Waals surface area (Å²) < 4.78 is 30.9. The van der Waals surface area contributed by atoms with Crippen LogP contribution >= 0.6 is 0 Å². The van der Waals surface area contributed by atoms with E-state index in [1.807, 2.05) is 0 Å². The number of Topliss-reactive ketones (excluding diaryl/α,β-unsaturated/α-hetero) is 1. The average Bonchev–Trinajstić information content (AvgIpc) is 2.25. The van der Waals surface area contributed by atoms with E-state index in [4.69, 9.17) is 0 Å². The number of ketones is 1. The summed E-state index contributed by atoms with van der Waals surface area (Å²) in [6.45, 7) is 3.03. The monoisotopic (exact) mass is 242 g/mol. The molecule has 0 heterocycles. The molecule has 5 heteroatoms. The van der Waals surface area contributed by atoms with Crippen LogP contribution in [-0.4, -0.2) is 18.4 Å². The van der Waals surface area contributed by atoms with Gasteiger partial charge in [0, 0.05) is 11.1 Å². The summed E-state index contributed by atoms with van der Waals surface area (Å²) in [5.74, 6) is -2.99. The standard InChI is InChI=1S/C12H12F2O3/c1-3-17-12(16)6-11(15)8-4-9(13)7(2)10(14)5-8/h4-5H,3,6H2,1-2H3. The number of rotatable bonds is 4. The largest absolute Gasteiger partial charge is 0.466 e. The molecular weight excluding hydrogens is 230 g/mol. The second-order valence-electron chi connectivity index (χ2n) is 3.47. The van der Waals surface area contributed by atoms with E-state index >= 15 is 0 Å². The Morgan fingerprint density at radius 1 is 1.24 bits per heavy atom. The SMILES string of the molecule is CCOC(=O)CC(=O)c1cc(F)c(C)c(F)c1. The van der Waals surface area contributed by atoms with Crippen molar-refractivity contribution < 1.29 is 23.1 Å². The van der Waals surface area contributed by atoms with E-state index in [-0.39, 0.29) is 17.7 Å². The first kappa shape index (κ1) is 13.3. The zero-order valence-electron chi connectivity index (χ0n) is 9.55. The highest BCUT2D eigenvalue weighted by Crippen LogP contribution is 2.15. The number of benzene rings is 1. The first-order valence-corrected chi connectivity index (χ1v) is 5.10. The maximum Gasteiger partial charge on any atom is 0.313 e. The van der Waals surface area contributed by atoms with E-state index in [1.54, 1.807) is 6.92 Å². The summed E-state index contributed by atoms with van der Waals surface area (Å²) in [5.41, 5.74) is -0.323. The van der Waals surface area contributed by atoms with E-state index < -0.39 is 29.8 Å². The molecule has 17 heavy (non-hydrogen) atoms. The van der Waals surface area contributed by atoms with Gasteiger partial charge in [0.2, 0.25) is 0 Å².